The predicted molar refractivity (Wildman–Crippen MR) is 140 cm³/mol. The van der Waals surface area contributed by atoms with Gasteiger partial charge < -0.3 is 20.0 Å². The monoisotopic (exact) mass is 496 g/mol. The summed E-state index contributed by atoms with van der Waals surface area (Å²) in [5.41, 5.74) is 3.57. The van der Waals surface area contributed by atoms with E-state index in [-0.39, 0.29) is 11.8 Å². The molecular weight excluding hydrogens is 460 g/mol. The van der Waals surface area contributed by atoms with E-state index in [0.29, 0.717) is 17.0 Å². The lowest BCUT2D eigenvalue weighted by atomic mass is 9.95. The maximum absolute atomic E-state index is 13.9. The minimum absolute atomic E-state index is 0.173. The highest BCUT2D eigenvalue weighted by Gasteiger charge is 2.33. The summed E-state index contributed by atoms with van der Waals surface area (Å²) >= 11 is 6.16. The van der Waals surface area contributed by atoms with Gasteiger partial charge in [-0.15, -0.1) is 0 Å². The fourth-order valence-electron chi connectivity index (χ4n) is 5.92. The Balaban J connectivity index is 1.28. The molecule has 0 unspecified atom stereocenters. The summed E-state index contributed by atoms with van der Waals surface area (Å²) in [7, 11) is 2.04. The van der Waals surface area contributed by atoms with Gasteiger partial charge in [0, 0.05) is 55.0 Å². The molecule has 1 amide bonds. The number of aryl methyl sites for hydroxylation is 1. The lowest BCUT2D eigenvalue weighted by Crippen LogP contribution is -2.52. The highest BCUT2D eigenvalue weighted by Crippen LogP contribution is 2.37. The zero-order valence-corrected chi connectivity index (χ0v) is 21.7. The number of anilines is 1. The minimum Gasteiger partial charge on any atom is -0.353 e. The summed E-state index contributed by atoms with van der Waals surface area (Å²) < 4.78 is 0. The quantitative estimate of drug-likeness (QED) is 0.662. The van der Waals surface area contributed by atoms with Crippen LogP contribution in [0.25, 0.3) is 0 Å². The molecule has 0 saturated carbocycles. The number of amides is 1. The van der Waals surface area contributed by atoms with Gasteiger partial charge in [0.25, 0.3) is 0 Å². The molecule has 2 atom stereocenters. The predicted octanol–water partition coefficient (Wildman–Crippen LogP) is 3.30. The lowest BCUT2D eigenvalue weighted by molar-refractivity contribution is -0.133. The van der Waals surface area contributed by atoms with Crippen LogP contribution in [0.3, 0.4) is 0 Å². The summed E-state index contributed by atoms with van der Waals surface area (Å²) in [6.45, 7) is 8.13. The Labute approximate surface area is 213 Å². The summed E-state index contributed by atoms with van der Waals surface area (Å²) in [5.74, 6) is 1.63. The number of likely N-dealkylation sites (tertiary alicyclic amines) is 1. The van der Waals surface area contributed by atoms with Gasteiger partial charge in [-0.05, 0) is 69.4 Å². The number of carbonyl (C=O) groups excluding carboxylic acids is 1. The number of piperidine rings is 1. The number of hydrogen-bond donors (Lipinski definition) is 1. The van der Waals surface area contributed by atoms with Crippen LogP contribution in [0.4, 0.5) is 5.82 Å². The molecule has 188 valence electrons. The van der Waals surface area contributed by atoms with Crippen molar-refractivity contribution in [3.05, 3.63) is 52.4 Å². The van der Waals surface area contributed by atoms with Gasteiger partial charge >= 0.3 is 0 Å². The zero-order chi connectivity index (χ0) is 24.4. The van der Waals surface area contributed by atoms with Crippen LogP contribution in [-0.4, -0.2) is 84.6 Å². The Hall–Kier alpha value is -2.22. The van der Waals surface area contributed by atoms with Gasteiger partial charge in [0.2, 0.25) is 5.91 Å². The molecule has 2 saturated heterocycles. The highest BCUT2D eigenvalue weighted by molar-refractivity contribution is 6.30. The first-order valence-electron chi connectivity index (χ1n) is 13.1. The van der Waals surface area contributed by atoms with E-state index in [4.69, 9.17) is 11.6 Å². The third-order valence-electron chi connectivity index (χ3n) is 8.15. The van der Waals surface area contributed by atoms with Crippen LogP contribution < -0.4 is 10.2 Å². The minimum atomic E-state index is -0.173. The molecule has 35 heavy (non-hydrogen) atoms. The van der Waals surface area contributed by atoms with Crippen molar-refractivity contribution in [2.75, 3.05) is 57.8 Å². The van der Waals surface area contributed by atoms with Gasteiger partial charge in [-0.3, -0.25) is 4.79 Å². The maximum atomic E-state index is 13.9. The molecular formula is C27H37ClN6O. The average Bonchev–Trinajstić information content (AvgIpc) is 3.29. The molecule has 1 aliphatic carbocycles. The third-order valence-corrected chi connectivity index (χ3v) is 8.40. The van der Waals surface area contributed by atoms with Crippen molar-refractivity contribution < 1.29 is 4.79 Å². The molecule has 8 heteroatoms. The van der Waals surface area contributed by atoms with Gasteiger partial charge in [-0.1, -0.05) is 30.7 Å². The fourth-order valence-corrected chi connectivity index (χ4v) is 6.04. The molecule has 1 aromatic heterocycles. The Bertz CT molecular complexity index is 1010. The lowest BCUT2D eigenvalue weighted by Gasteiger charge is -2.39. The van der Waals surface area contributed by atoms with E-state index < -0.39 is 0 Å². The van der Waals surface area contributed by atoms with E-state index in [1.807, 2.05) is 31.3 Å². The maximum Gasteiger partial charge on any atom is 0.231 e. The van der Waals surface area contributed by atoms with Crippen LogP contribution in [-0.2, 0) is 11.2 Å². The summed E-state index contributed by atoms with van der Waals surface area (Å²) in [4.78, 5) is 29.9. The SMILES string of the molecule is CNC1CCN(C[C@@H](C(=O)N2CCN(c3ncnc4c3[C@H](C)CC4)CC2)c2ccc(Cl)cc2)CC1. The normalized spacial score (nSPS) is 22.3. The van der Waals surface area contributed by atoms with Crippen LogP contribution in [0.2, 0.25) is 5.02 Å². The number of nitrogens with zero attached hydrogens (tertiary/aromatic N) is 5. The second-order valence-corrected chi connectivity index (χ2v) is 10.7. The Morgan fingerprint density at radius 1 is 1.06 bits per heavy atom. The van der Waals surface area contributed by atoms with Crippen LogP contribution in [0.1, 0.15) is 54.8 Å². The number of benzene rings is 1. The van der Waals surface area contributed by atoms with E-state index in [0.717, 1.165) is 82.9 Å². The summed E-state index contributed by atoms with van der Waals surface area (Å²) in [6, 6.07) is 8.42. The Kier molecular flexibility index (Phi) is 7.56. The number of nitrogens with one attached hydrogen (secondary N) is 1. The van der Waals surface area contributed by atoms with Crippen molar-refractivity contribution in [3.8, 4) is 0 Å². The first kappa shape index (κ1) is 24.5. The van der Waals surface area contributed by atoms with Crippen LogP contribution in [0.5, 0.6) is 0 Å². The summed E-state index contributed by atoms with van der Waals surface area (Å²) in [6.07, 6.45) is 6.14. The largest absolute Gasteiger partial charge is 0.353 e. The number of piperazine rings is 1. The number of rotatable bonds is 6. The van der Waals surface area contributed by atoms with Gasteiger partial charge in [0.15, 0.2) is 0 Å². The standard InChI is InChI=1S/C27H37ClN6O/c1-19-3-8-24-25(19)26(31-18-30-24)33-13-15-34(16-14-33)27(35)23(20-4-6-21(28)7-5-20)17-32-11-9-22(29-2)10-12-32/h4-7,18-19,22-23,29H,3,8-17H2,1-2H3/t19-,23-/m1/s1. The molecule has 0 bridgehead atoms. The molecule has 3 aliphatic rings. The smallest absolute Gasteiger partial charge is 0.231 e. The zero-order valence-electron chi connectivity index (χ0n) is 20.9. The summed E-state index contributed by atoms with van der Waals surface area (Å²) in [5, 5.41) is 4.10. The first-order chi connectivity index (χ1) is 17.0. The number of carbonyl (C=O) groups is 1. The number of hydrogen-bond acceptors (Lipinski definition) is 6. The van der Waals surface area contributed by atoms with E-state index in [1.54, 1.807) is 6.33 Å². The fraction of sp³-hybridized carbons (Fsp3) is 0.593. The molecule has 7 nitrogen and oxygen atoms in total. The third kappa shape index (κ3) is 5.32. The van der Waals surface area contributed by atoms with Crippen molar-refractivity contribution in [2.45, 2.75) is 50.5 Å². The van der Waals surface area contributed by atoms with Crippen molar-refractivity contribution in [3.63, 3.8) is 0 Å². The highest BCUT2D eigenvalue weighted by atomic mass is 35.5. The second kappa shape index (κ2) is 10.8. The van der Waals surface area contributed by atoms with E-state index >= 15 is 0 Å². The van der Waals surface area contributed by atoms with Crippen LogP contribution in [0.15, 0.2) is 30.6 Å². The Morgan fingerprint density at radius 3 is 2.46 bits per heavy atom. The van der Waals surface area contributed by atoms with Gasteiger partial charge in [0.05, 0.1) is 5.92 Å². The van der Waals surface area contributed by atoms with Crippen molar-refractivity contribution in [1.82, 2.24) is 25.1 Å². The molecule has 5 rings (SSSR count). The van der Waals surface area contributed by atoms with E-state index in [9.17, 15) is 4.79 Å². The number of fused-ring (bicyclic) bond motifs is 1. The molecule has 0 radical (unpaired) electrons. The molecule has 3 heterocycles. The topological polar surface area (TPSA) is 64.6 Å². The van der Waals surface area contributed by atoms with E-state index in [2.05, 4.69) is 36.9 Å². The van der Waals surface area contributed by atoms with Crippen LogP contribution >= 0.6 is 11.6 Å². The molecule has 1 N–H and O–H groups in total. The van der Waals surface area contributed by atoms with Gasteiger partial charge in [-0.2, -0.15) is 0 Å². The Morgan fingerprint density at radius 2 is 1.77 bits per heavy atom. The van der Waals surface area contributed by atoms with Gasteiger partial charge in [-0.25, -0.2) is 9.97 Å². The molecule has 2 aromatic rings. The molecule has 0 spiro atoms. The van der Waals surface area contributed by atoms with Crippen molar-refractivity contribution in [1.29, 1.82) is 0 Å². The molecule has 2 fully saturated rings. The molecule has 1 aromatic carbocycles. The number of halogens is 1. The average molecular weight is 497 g/mol. The van der Waals surface area contributed by atoms with Crippen molar-refractivity contribution >= 4 is 23.3 Å². The number of aromatic nitrogens is 2. The van der Waals surface area contributed by atoms with Gasteiger partial charge in [0.1, 0.15) is 12.1 Å². The second-order valence-electron chi connectivity index (χ2n) is 10.3. The van der Waals surface area contributed by atoms with E-state index in [1.165, 1.54) is 11.3 Å². The van der Waals surface area contributed by atoms with Crippen molar-refractivity contribution in [2.24, 2.45) is 0 Å². The first-order valence-corrected chi connectivity index (χ1v) is 13.4. The molecule has 2 aliphatic heterocycles. The van der Waals surface area contributed by atoms with Crippen LogP contribution in [0, 0.1) is 0 Å².